The van der Waals surface area contributed by atoms with Gasteiger partial charge in [0, 0.05) is 26.6 Å². The zero-order chi connectivity index (χ0) is 22.7. The monoisotopic (exact) mass is 446 g/mol. The van der Waals surface area contributed by atoms with E-state index < -0.39 is 12.2 Å². The second-order valence-electron chi connectivity index (χ2n) is 8.21. The molecule has 3 heterocycles. The van der Waals surface area contributed by atoms with Crippen molar-refractivity contribution in [2.45, 2.75) is 39.0 Å². The van der Waals surface area contributed by atoms with Crippen LogP contribution in [0.2, 0.25) is 0 Å². The molecule has 2 aliphatic heterocycles. The maximum atomic E-state index is 14.9. The van der Waals surface area contributed by atoms with Gasteiger partial charge < -0.3 is 20.1 Å². The summed E-state index contributed by atoms with van der Waals surface area (Å²) in [6, 6.07) is 4.78. The molecule has 2 saturated heterocycles. The van der Waals surface area contributed by atoms with E-state index in [1.54, 1.807) is 23.0 Å². The van der Waals surface area contributed by atoms with Crippen LogP contribution < -0.4 is 15.1 Å². The lowest BCUT2D eigenvalue weighted by atomic mass is 9.96. The third kappa shape index (κ3) is 4.98. The first-order valence-electron chi connectivity index (χ1n) is 10.7. The Kier molecular flexibility index (Phi) is 6.54. The lowest BCUT2D eigenvalue weighted by molar-refractivity contribution is -0.119. The SMILES string of the molecule is CC(=O)NCC1CN(c2ccc(N3CCC(Cn4cc(CO)nn4)CC3)c(F)c2)C(=O)O1. The zero-order valence-electron chi connectivity index (χ0n) is 17.9. The van der Waals surface area contributed by atoms with Crippen molar-refractivity contribution in [3.05, 3.63) is 35.9 Å². The summed E-state index contributed by atoms with van der Waals surface area (Å²) in [5.41, 5.74) is 1.49. The van der Waals surface area contributed by atoms with Crippen LogP contribution in [0.4, 0.5) is 20.6 Å². The number of nitrogens with zero attached hydrogens (tertiary/aromatic N) is 5. The van der Waals surface area contributed by atoms with Gasteiger partial charge in [-0.05, 0) is 37.0 Å². The number of ether oxygens (including phenoxy) is 1. The number of cyclic esters (lactones) is 1. The molecule has 172 valence electrons. The molecular formula is C21H27FN6O4. The fourth-order valence-electron chi connectivity index (χ4n) is 4.14. The van der Waals surface area contributed by atoms with E-state index in [9.17, 15) is 14.0 Å². The Labute approximate surface area is 184 Å². The fraction of sp³-hybridized carbons (Fsp3) is 0.524. The van der Waals surface area contributed by atoms with Crippen molar-refractivity contribution in [2.24, 2.45) is 5.92 Å². The molecule has 11 heteroatoms. The van der Waals surface area contributed by atoms with E-state index in [2.05, 4.69) is 15.6 Å². The molecule has 2 N–H and O–H groups in total. The number of hydrogen-bond acceptors (Lipinski definition) is 7. The molecule has 0 spiro atoms. The lowest BCUT2D eigenvalue weighted by Crippen LogP contribution is -2.35. The topological polar surface area (TPSA) is 113 Å². The first kappa shape index (κ1) is 22.0. The van der Waals surface area contributed by atoms with Crippen molar-refractivity contribution in [3.8, 4) is 0 Å². The van der Waals surface area contributed by atoms with Crippen LogP contribution in [-0.4, -0.2) is 64.4 Å². The minimum Gasteiger partial charge on any atom is -0.442 e. The molecule has 4 rings (SSSR count). The average molecular weight is 446 g/mol. The standard InChI is InChI=1S/C21H27FN6O4/c1-14(30)23-9-18-12-28(21(31)32-18)17-2-3-20(19(22)8-17)26-6-4-15(5-7-26)10-27-11-16(13-29)24-25-27/h2-3,8,11,15,18,29H,4-7,9-10,12-13H2,1H3,(H,23,30). The van der Waals surface area contributed by atoms with Crippen LogP contribution in [0.25, 0.3) is 0 Å². The quantitative estimate of drug-likeness (QED) is 0.659. The Morgan fingerprint density at radius 2 is 2.12 bits per heavy atom. The highest BCUT2D eigenvalue weighted by Gasteiger charge is 2.33. The molecule has 2 aromatic rings. The Morgan fingerprint density at radius 1 is 1.34 bits per heavy atom. The first-order chi connectivity index (χ1) is 15.4. The molecule has 0 saturated carbocycles. The van der Waals surface area contributed by atoms with Crippen LogP contribution >= 0.6 is 0 Å². The van der Waals surface area contributed by atoms with E-state index in [-0.39, 0.29) is 31.4 Å². The summed E-state index contributed by atoms with van der Waals surface area (Å²) < 4.78 is 21.9. The van der Waals surface area contributed by atoms with Gasteiger partial charge in [0.05, 0.1) is 37.3 Å². The fourth-order valence-corrected chi connectivity index (χ4v) is 4.14. The number of rotatable bonds is 7. The van der Waals surface area contributed by atoms with E-state index >= 15 is 0 Å². The largest absolute Gasteiger partial charge is 0.442 e. The summed E-state index contributed by atoms with van der Waals surface area (Å²) in [4.78, 5) is 26.6. The maximum Gasteiger partial charge on any atom is 0.414 e. The highest BCUT2D eigenvalue weighted by Crippen LogP contribution is 2.30. The van der Waals surface area contributed by atoms with Crippen LogP contribution in [0, 0.1) is 11.7 Å². The van der Waals surface area contributed by atoms with Crippen molar-refractivity contribution >= 4 is 23.4 Å². The van der Waals surface area contributed by atoms with Crippen LogP contribution in [0.5, 0.6) is 0 Å². The molecule has 2 amide bonds. The Hall–Kier alpha value is -3.21. The van der Waals surface area contributed by atoms with E-state index in [1.807, 2.05) is 4.90 Å². The number of aliphatic hydroxyl groups excluding tert-OH is 1. The van der Waals surface area contributed by atoms with Gasteiger partial charge in [0.25, 0.3) is 0 Å². The molecule has 10 nitrogen and oxygen atoms in total. The van der Waals surface area contributed by atoms with Gasteiger partial charge in [-0.1, -0.05) is 5.21 Å². The predicted octanol–water partition coefficient (Wildman–Crippen LogP) is 1.29. The van der Waals surface area contributed by atoms with Gasteiger partial charge in [-0.2, -0.15) is 0 Å². The van der Waals surface area contributed by atoms with E-state index in [0.717, 1.165) is 19.4 Å². The van der Waals surface area contributed by atoms with E-state index in [0.29, 0.717) is 36.1 Å². The van der Waals surface area contributed by atoms with Gasteiger partial charge in [0.1, 0.15) is 17.6 Å². The molecule has 1 aromatic carbocycles. The number of piperidine rings is 1. The van der Waals surface area contributed by atoms with Crippen molar-refractivity contribution in [1.29, 1.82) is 0 Å². The Morgan fingerprint density at radius 3 is 2.78 bits per heavy atom. The number of carbonyl (C=O) groups is 2. The molecule has 0 radical (unpaired) electrons. The van der Waals surface area contributed by atoms with Crippen LogP contribution in [-0.2, 0) is 22.7 Å². The second kappa shape index (κ2) is 9.51. The first-order valence-corrected chi connectivity index (χ1v) is 10.7. The van der Waals surface area contributed by atoms with E-state index in [1.165, 1.54) is 17.9 Å². The number of amides is 2. The number of benzene rings is 1. The third-order valence-corrected chi connectivity index (χ3v) is 5.84. The van der Waals surface area contributed by atoms with Crippen LogP contribution in [0.15, 0.2) is 24.4 Å². The summed E-state index contributed by atoms with van der Waals surface area (Å²) in [7, 11) is 0. The van der Waals surface area contributed by atoms with Crippen molar-refractivity contribution < 1.29 is 23.8 Å². The number of anilines is 2. The average Bonchev–Trinajstić information content (AvgIpc) is 3.39. The summed E-state index contributed by atoms with van der Waals surface area (Å²) >= 11 is 0. The second-order valence-corrected chi connectivity index (χ2v) is 8.21. The number of aliphatic hydroxyl groups is 1. The van der Waals surface area contributed by atoms with E-state index in [4.69, 9.17) is 9.84 Å². The molecule has 1 aromatic heterocycles. The van der Waals surface area contributed by atoms with Crippen molar-refractivity contribution in [3.63, 3.8) is 0 Å². The number of carbonyl (C=O) groups excluding carboxylic acids is 2. The summed E-state index contributed by atoms with van der Waals surface area (Å²) in [5.74, 6) is -0.181. The maximum absolute atomic E-state index is 14.9. The summed E-state index contributed by atoms with van der Waals surface area (Å²) in [5, 5.41) is 19.6. The predicted molar refractivity (Wildman–Crippen MR) is 114 cm³/mol. The Balaban J connectivity index is 1.34. The lowest BCUT2D eigenvalue weighted by Gasteiger charge is -2.34. The molecule has 0 aliphatic carbocycles. The number of hydrogen-bond donors (Lipinski definition) is 2. The van der Waals surface area contributed by atoms with Gasteiger partial charge in [-0.25, -0.2) is 9.18 Å². The van der Waals surface area contributed by atoms with Crippen molar-refractivity contribution in [2.75, 3.05) is 36.0 Å². The highest BCUT2D eigenvalue weighted by atomic mass is 19.1. The molecule has 32 heavy (non-hydrogen) atoms. The van der Waals surface area contributed by atoms with Crippen LogP contribution in [0.3, 0.4) is 0 Å². The summed E-state index contributed by atoms with van der Waals surface area (Å²) in [6.07, 6.45) is 2.50. The summed E-state index contributed by atoms with van der Waals surface area (Å²) in [6.45, 7) is 3.90. The smallest absolute Gasteiger partial charge is 0.414 e. The van der Waals surface area contributed by atoms with Gasteiger partial charge in [-0.3, -0.25) is 14.4 Å². The third-order valence-electron chi connectivity index (χ3n) is 5.84. The molecule has 2 aliphatic rings. The molecule has 0 bridgehead atoms. The minimum absolute atomic E-state index is 0.126. The number of aromatic nitrogens is 3. The zero-order valence-corrected chi connectivity index (χ0v) is 17.9. The van der Waals surface area contributed by atoms with Gasteiger partial charge in [0.2, 0.25) is 5.91 Å². The van der Waals surface area contributed by atoms with Gasteiger partial charge >= 0.3 is 6.09 Å². The minimum atomic E-state index is -0.550. The van der Waals surface area contributed by atoms with Crippen molar-refractivity contribution in [1.82, 2.24) is 20.3 Å². The molecule has 1 unspecified atom stereocenters. The van der Waals surface area contributed by atoms with Gasteiger partial charge in [0.15, 0.2) is 0 Å². The highest BCUT2D eigenvalue weighted by molar-refractivity contribution is 5.90. The Bertz CT molecular complexity index is 975. The molecule has 1 atom stereocenters. The normalized spacial score (nSPS) is 19.3. The number of nitrogens with one attached hydrogen (secondary N) is 1. The van der Waals surface area contributed by atoms with Gasteiger partial charge in [-0.15, -0.1) is 5.10 Å². The molecule has 2 fully saturated rings. The van der Waals surface area contributed by atoms with Crippen LogP contribution in [0.1, 0.15) is 25.5 Å². The number of halogens is 1. The molecular weight excluding hydrogens is 419 g/mol.